The number of aryl methyl sites for hydroxylation is 1. The Morgan fingerprint density at radius 3 is 1.08 bits per heavy atom. The Kier molecular flexibility index (Phi) is 21.6. The summed E-state index contributed by atoms with van der Waals surface area (Å²) in [6.07, 6.45) is 26.2. The molecule has 0 heterocycles. The first-order chi connectivity index (χ1) is 46.5. The van der Waals surface area contributed by atoms with E-state index < -0.39 is 0 Å². The van der Waals surface area contributed by atoms with Gasteiger partial charge in [-0.2, -0.15) is 0 Å². The summed E-state index contributed by atoms with van der Waals surface area (Å²) >= 11 is 0. The maximum atomic E-state index is 3.89. The summed E-state index contributed by atoms with van der Waals surface area (Å²) in [6.45, 7) is 18.6. The molecular formula is C93H106N2. The molecule has 1 N–H and O–H groups in total. The number of anilines is 5. The van der Waals surface area contributed by atoms with Crippen molar-refractivity contribution in [2.24, 2.45) is 5.92 Å². The summed E-state index contributed by atoms with van der Waals surface area (Å²) in [6, 6.07) is 89.0. The molecule has 0 aromatic heterocycles. The maximum Gasteiger partial charge on any atom is 0.0465 e. The molecule has 2 aliphatic carbocycles. The van der Waals surface area contributed by atoms with Gasteiger partial charge in [-0.05, 0) is 195 Å². The highest BCUT2D eigenvalue weighted by Crippen LogP contribution is 2.57. The van der Waals surface area contributed by atoms with E-state index in [4.69, 9.17) is 0 Å². The van der Waals surface area contributed by atoms with Crippen molar-refractivity contribution in [2.75, 3.05) is 10.2 Å². The Morgan fingerprint density at radius 1 is 0.337 bits per heavy atom. The third-order valence-corrected chi connectivity index (χ3v) is 21.9. The standard InChI is InChI=1S/C93H106N2/c1-9-13-17-25-61-92(62-26-18-14-10-2)87-31-23-21-29-83(87)85-59-53-79(65-89(85)92)94-78-51-41-73(42-52-78)75-45-56-81(57-46-75)95(82-58-60-86-84-30-22-24-32-88(84)93(90(86)66-82,63-27-19-15-11-3)64-28-20-16-12-4)80-54-43-74(44-55-80)72-39-49-77(50-40-72)91(8,67-68(5)6)76-47-37-71(38-48-76)70-35-33-69(7)34-36-70/h21-24,29-60,65-66,68,94H,9-20,25-28,61-64,67H2,1-8H3. The average Bonchev–Trinajstić information content (AvgIpc) is 1.59. The number of benzene rings is 10. The monoisotopic (exact) mass is 1250 g/mol. The van der Waals surface area contributed by atoms with Crippen LogP contribution in [0.5, 0.6) is 0 Å². The quantitative estimate of drug-likeness (QED) is 0.0423. The Labute approximate surface area is 572 Å². The highest BCUT2D eigenvalue weighted by Gasteiger charge is 2.44. The van der Waals surface area contributed by atoms with Gasteiger partial charge in [0, 0.05) is 44.7 Å². The molecule has 0 fully saturated rings. The molecule has 10 aromatic carbocycles. The number of rotatable bonds is 32. The lowest BCUT2D eigenvalue weighted by atomic mass is 9.70. The lowest BCUT2D eigenvalue weighted by Gasteiger charge is -2.34. The van der Waals surface area contributed by atoms with E-state index in [1.165, 1.54) is 229 Å². The van der Waals surface area contributed by atoms with Crippen LogP contribution in [0.1, 0.15) is 222 Å². The summed E-state index contributed by atoms with van der Waals surface area (Å²) in [5, 5.41) is 3.89. The van der Waals surface area contributed by atoms with Gasteiger partial charge in [0.25, 0.3) is 0 Å². The topological polar surface area (TPSA) is 15.3 Å². The molecule has 0 radical (unpaired) electrons. The highest BCUT2D eigenvalue weighted by molar-refractivity contribution is 5.88. The Hall–Kier alpha value is -8.20. The minimum atomic E-state index is -0.134. The molecule has 0 saturated carbocycles. The number of hydrogen-bond acceptors (Lipinski definition) is 2. The van der Waals surface area contributed by atoms with Gasteiger partial charge in [-0.1, -0.05) is 327 Å². The van der Waals surface area contributed by atoms with Gasteiger partial charge >= 0.3 is 0 Å². The fraction of sp³-hybridized carbons (Fsp3) is 0.355. The summed E-state index contributed by atoms with van der Waals surface area (Å²) in [5.41, 5.74) is 28.9. The van der Waals surface area contributed by atoms with Crippen molar-refractivity contribution in [1.29, 1.82) is 0 Å². The second kappa shape index (κ2) is 30.7. The molecule has 488 valence electrons. The van der Waals surface area contributed by atoms with Crippen LogP contribution in [0, 0.1) is 12.8 Å². The maximum absolute atomic E-state index is 3.89. The van der Waals surface area contributed by atoms with Crippen molar-refractivity contribution >= 4 is 28.4 Å². The van der Waals surface area contributed by atoms with E-state index in [-0.39, 0.29) is 16.2 Å². The third-order valence-electron chi connectivity index (χ3n) is 21.9. The Balaban J connectivity index is 0.854. The van der Waals surface area contributed by atoms with E-state index in [1.807, 2.05) is 0 Å². The van der Waals surface area contributed by atoms with E-state index in [9.17, 15) is 0 Å². The van der Waals surface area contributed by atoms with Gasteiger partial charge in [0.15, 0.2) is 0 Å². The second-order valence-electron chi connectivity index (χ2n) is 29.1. The first-order valence-corrected chi connectivity index (χ1v) is 37.1. The van der Waals surface area contributed by atoms with Crippen molar-refractivity contribution in [3.63, 3.8) is 0 Å². The fourth-order valence-electron chi connectivity index (χ4n) is 16.8. The van der Waals surface area contributed by atoms with Crippen LogP contribution in [0.15, 0.2) is 231 Å². The van der Waals surface area contributed by atoms with Crippen LogP contribution in [0.4, 0.5) is 28.4 Å². The molecule has 1 unspecified atom stereocenters. The molecule has 2 aliphatic rings. The van der Waals surface area contributed by atoms with Crippen molar-refractivity contribution in [3.05, 3.63) is 269 Å². The largest absolute Gasteiger partial charge is 0.356 e. The second-order valence-corrected chi connectivity index (χ2v) is 29.1. The summed E-state index contributed by atoms with van der Waals surface area (Å²) in [4.78, 5) is 2.52. The zero-order chi connectivity index (χ0) is 65.8. The average molecular weight is 1250 g/mol. The van der Waals surface area contributed by atoms with Crippen LogP contribution >= 0.6 is 0 Å². The predicted octanol–water partition coefficient (Wildman–Crippen LogP) is 28.0. The van der Waals surface area contributed by atoms with Gasteiger partial charge in [-0.25, -0.2) is 0 Å². The van der Waals surface area contributed by atoms with Gasteiger partial charge in [0.1, 0.15) is 0 Å². The molecule has 95 heavy (non-hydrogen) atoms. The van der Waals surface area contributed by atoms with E-state index in [0.29, 0.717) is 5.92 Å². The molecule has 12 rings (SSSR count). The van der Waals surface area contributed by atoms with Gasteiger partial charge in [0.05, 0.1) is 0 Å². The molecule has 2 heteroatoms. The Bertz CT molecular complexity index is 4070. The minimum absolute atomic E-state index is 0.0229. The molecule has 10 aromatic rings. The number of nitrogens with one attached hydrogen (secondary N) is 1. The number of nitrogens with zero attached hydrogens (tertiary/aromatic N) is 1. The molecule has 0 bridgehead atoms. The van der Waals surface area contributed by atoms with Crippen molar-refractivity contribution in [3.8, 4) is 55.6 Å². The highest BCUT2D eigenvalue weighted by atomic mass is 15.1. The van der Waals surface area contributed by atoms with Crippen LogP contribution < -0.4 is 10.2 Å². The smallest absolute Gasteiger partial charge is 0.0465 e. The molecule has 0 amide bonds. The molecule has 0 saturated heterocycles. The number of hydrogen-bond donors (Lipinski definition) is 1. The number of unbranched alkanes of at least 4 members (excludes halogenated alkanes) is 12. The zero-order valence-electron chi connectivity index (χ0n) is 58.8. The first kappa shape index (κ1) is 66.8. The summed E-state index contributed by atoms with van der Waals surface area (Å²) < 4.78 is 0. The van der Waals surface area contributed by atoms with Crippen LogP contribution in [0.2, 0.25) is 0 Å². The zero-order valence-corrected chi connectivity index (χ0v) is 58.8. The number of fused-ring (bicyclic) bond motifs is 6. The van der Waals surface area contributed by atoms with Gasteiger partial charge in [-0.15, -0.1) is 0 Å². The fourth-order valence-corrected chi connectivity index (χ4v) is 16.8. The minimum Gasteiger partial charge on any atom is -0.356 e. The molecule has 0 aliphatic heterocycles. The summed E-state index contributed by atoms with van der Waals surface area (Å²) in [7, 11) is 0. The third kappa shape index (κ3) is 14.4. The van der Waals surface area contributed by atoms with Crippen molar-refractivity contribution in [1.82, 2.24) is 0 Å². The SMILES string of the molecule is CCCCCCC1(CCCCCC)c2ccccc2-c2ccc(Nc3ccc(-c4ccc(N(c5ccc(-c6ccc(C(C)(CC(C)C)c7ccc(-c8ccc(C)cc8)cc7)cc6)cc5)c5ccc6c(c5)C(CCCCCC)(CCCCCC)c5ccccc5-6)cc4)cc3)cc21. The van der Waals surface area contributed by atoms with Gasteiger partial charge in [-0.3, -0.25) is 0 Å². The van der Waals surface area contributed by atoms with Crippen molar-refractivity contribution < 1.29 is 0 Å². The van der Waals surface area contributed by atoms with E-state index in [2.05, 4.69) is 296 Å². The lowest BCUT2D eigenvalue weighted by molar-refractivity contribution is 0.401. The van der Waals surface area contributed by atoms with Crippen LogP contribution in [-0.2, 0) is 16.2 Å². The van der Waals surface area contributed by atoms with Crippen LogP contribution in [-0.4, -0.2) is 0 Å². The normalized spacial score (nSPS) is 13.9. The van der Waals surface area contributed by atoms with Gasteiger partial charge < -0.3 is 10.2 Å². The molecule has 2 nitrogen and oxygen atoms in total. The first-order valence-electron chi connectivity index (χ1n) is 37.1. The molecule has 1 atom stereocenters. The molecule has 0 spiro atoms. The molecular weight excluding hydrogens is 1150 g/mol. The van der Waals surface area contributed by atoms with E-state index >= 15 is 0 Å². The van der Waals surface area contributed by atoms with Crippen LogP contribution in [0.3, 0.4) is 0 Å². The summed E-state index contributed by atoms with van der Waals surface area (Å²) in [5.74, 6) is 0.532. The van der Waals surface area contributed by atoms with E-state index in [1.54, 1.807) is 5.56 Å². The van der Waals surface area contributed by atoms with Crippen LogP contribution in [0.25, 0.3) is 55.6 Å². The Morgan fingerprint density at radius 2 is 0.674 bits per heavy atom. The van der Waals surface area contributed by atoms with Gasteiger partial charge in [0.2, 0.25) is 0 Å². The van der Waals surface area contributed by atoms with E-state index in [0.717, 1.165) is 23.5 Å². The van der Waals surface area contributed by atoms with Crippen molar-refractivity contribution in [2.45, 2.75) is 206 Å². The predicted molar refractivity (Wildman–Crippen MR) is 412 cm³/mol. The lowest BCUT2D eigenvalue weighted by Crippen LogP contribution is -2.26.